The van der Waals surface area contributed by atoms with Crippen molar-refractivity contribution in [3.05, 3.63) is 89.2 Å². The molecule has 0 spiro atoms. The predicted octanol–water partition coefficient (Wildman–Crippen LogP) is 5.61. The van der Waals surface area contributed by atoms with Crippen molar-refractivity contribution in [3.63, 3.8) is 0 Å². The molecule has 0 aliphatic carbocycles. The van der Waals surface area contributed by atoms with Gasteiger partial charge in [0.05, 0.1) is 11.8 Å². The van der Waals surface area contributed by atoms with Gasteiger partial charge < -0.3 is 4.74 Å². The van der Waals surface area contributed by atoms with Crippen LogP contribution in [0.5, 0.6) is 0 Å². The Morgan fingerprint density at radius 2 is 1.77 bits per heavy atom. The number of pyridine rings is 1. The van der Waals surface area contributed by atoms with Crippen LogP contribution in [0, 0.1) is 12.3 Å². The second kappa shape index (κ2) is 8.29. The molecule has 1 unspecified atom stereocenters. The molecule has 0 aliphatic heterocycles. The number of aromatic nitrogens is 1. The first kappa shape index (κ1) is 17.7. The number of terminal acetylenes is 1. The van der Waals surface area contributed by atoms with E-state index in [0.717, 1.165) is 33.5 Å². The molecule has 128 valence electrons. The van der Waals surface area contributed by atoms with Crippen molar-refractivity contribution >= 4 is 12.2 Å². The van der Waals surface area contributed by atoms with Crippen LogP contribution in [-0.4, -0.2) is 12.1 Å². The van der Waals surface area contributed by atoms with E-state index in [4.69, 9.17) is 11.2 Å². The first-order valence-electron chi connectivity index (χ1n) is 8.55. The quantitative estimate of drug-likeness (QED) is 0.564. The van der Waals surface area contributed by atoms with Crippen LogP contribution in [0.25, 0.3) is 23.3 Å². The van der Waals surface area contributed by atoms with Gasteiger partial charge in [0.15, 0.2) is 0 Å². The lowest BCUT2D eigenvalue weighted by Gasteiger charge is -2.14. The van der Waals surface area contributed by atoms with Gasteiger partial charge in [0.2, 0.25) is 0 Å². The van der Waals surface area contributed by atoms with E-state index in [9.17, 15) is 0 Å². The van der Waals surface area contributed by atoms with Gasteiger partial charge in [-0.15, -0.1) is 6.42 Å². The fourth-order valence-corrected chi connectivity index (χ4v) is 2.85. The highest BCUT2D eigenvalue weighted by Crippen LogP contribution is 2.25. The number of hydrogen-bond acceptors (Lipinski definition) is 2. The summed E-state index contributed by atoms with van der Waals surface area (Å²) in [4.78, 5) is 4.55. The van der Waals surface area contributed by atoms with E-state index in [1.54, 1.807) is 7.11 Å². The maximum Gasteiger partial charge on any atom is 0.0799 e. The van der Waals surface area contributed by atoms with Crippen molar-refractivity contribution in [2.45, 2.75) is 13.0 Å². The SMILES string of the molecule is C#Cc1cccc(C(C)OC)c1/C=C\c1ccc(-c2ccccc2)cn1. The van der Waals surface area contributed by atoms with Crippen LogP contribution in [-0.2, 0) is 4.74 Å². The number of rotatable bonds is 5. The fourth-order valence-electron chi connectivity index (χ4n) is 2.85. The molecule has 2 nitrogen and oxygen atoms in total. The van der Waals surface area contributed by atoms with E-state index in [2.05, 4.69) is 29.1 Å². The molecule has 0 saturated heterocycles. The van der Waals surface area contributed by atoms with Crippen molar-refractivity contribution in [3.8, 4) is 23.5 Å². The molecule has 0 aliphatic rings. The standard InChI is InChI=1S/C24H21NO/c1-4-19-11-8-12-23(18(2)26-3)24(19)16-15-22-14-13-21(17-25-22)20-9-6-5-7-10-20/h1,5-18H,2-3H3/b16-15-. The van der Waals surface area contributed by atoms with E-state index in [1.165, 1.54) is 0 Å². The fraction of sp³-hybridized carbons (Fsp3) is 0.125. The zero-order valence-electron chi connectivity index (χ0n) is 15.0. The summed E-state index contributed by atoms with van der Waals surface area (Å²) in [6.45, 7) is 2.01. The Morgan fingerprint density at radius 3 is 2.42 bits per heavy atom. The van der Waals surface area contributed by atoms with Gasteiger partial charge in [0.1, 0.15) is 0 Å². The van der Waals surface area contributed by atoms with Crippen LogP contribution >= 0.6 is 0 Å². The minimum absolute atomic E-state index is 0.0311. The second-order valence-corrected chi connectivity index (χ2v) is 6.00. The molecule has 2 aromatic carbocycles. The van der Waals surface area contributed by atoms with Gasteiger partial charge in [-0.05, 0) is 41.8 Å². The predicted molar refractivity (Wildman–Crippen MR) is 108 cm³/mol. The van der Waals surface area contributed by atoms with Gasteiger partial charge >= 0.3 is 0 Å². The van der Waals surface area contributed by atoms with Crippen LogP contribution in [0.4, 0.5) is 0 Å². The molecule has 0 fully saturated rings. The van der Waals surface area contributed by atoms with Gasteiger partial charge in [-0.1, -0.05) is 60.5 Å². The third-order valence-corrected chi connectivity index (χ3v) is 4.40. The van der Waals surface area contributed by atoms with Gasteiger partial charge in [-0.25, -0.2) is 0 Å². The first-order chi connectivity index (χ1) is 12.7. The van der Waals surface area contributed by atoms with Crippen molar-refractivity contribution in [2.75, 3.05) is 7.11 Å². The first-order valence-corrected chi connectivity index (χ1v) is 8.55. The summed E-state index contributed by atoms with van der Waals surface area (Å²) >= 11 is 0. The lowest BCUT2D eigenvalue weighted by atomic mass is 9.97. The topological polar surface area (TPSA) is 22.1 Å². The number of nitrogens with zero attached hydrogens (tertiary/aromatic N) is 1. The van der Waals surface area contributed by atoms with Crippen molar-refractivity contribution in [1.82, 2.24) is 4.98 Å². The average Bonchev–Trinajstić information content (AvgIpc) is 2.72. The second-order valence-electron chi connectivity index (χ2n) is 6.00. The Morgan fingerprint density at radius 1 is 0.962 bits per heavy atom. The summed E-state index contributed by atoms with van der Waals surface area (Å²) in [7, 11) is 1.70. The van der Waals surface area contributed by atoms with Crippen LogP contribution < -0.4 is 0 Å². The maximum atomic E-state index is 5.67. The number of benzene rings is 2. The Balaban J connectivity index is 1.90. The Bertz CT molecular complexity index is 934. The average molecular weight is 339 g/mol. The molecule has 1 aromatic heterocycles. The van der Waals surface area contributed by atoms with Crippen molar-refractivity contribution in [1.29, 1.82) is 0 Å². The highest BCUT2D eigenvalue weighted by Gasteiger charge is 2.10. The summed E-state index contributed by atoms with van der Waals surface area (Å²) < 4.78 is 5.48. The Hall–Kier alpha value is -3.15. The van der Waals surface area contributed by atoms with Gasteiger partial charge in [0.25, 0.3) is 0 Å². The molecule has 0 saturated carbocycles. The maximum absolute atomic E-state index is 5.67. The van der Waals surface area contributed by atoms with Gasteiger partial charge in [0, 0.05) is 24.4 Å². The van der Waals surface area contributed by atoms with Crippen LogP contribution in [0.15, 0.2) is 66.9 Å². The molecule has 0 bridgehead atoms. The van der Waals surface area contributed by atoms with E-state index < -0.39 is 0 Å². The Kier molecular flexibility index (Phi) is 5.63. The number of ether oxygens (including phenoxy) is 1. The summed E-state index contributed by atoms with van der Waals surface area (Å²) in [5.74, 6) is 2.75. The highest BCUT2D eigenvalue weighted by molar-refractivity contribution is 5.74. The molecule has 1 heterocycles. The zero-order chi connectivity index (χ0) is 18.4. The highest BCUT2D eigenvalue weighted by atomic mass is 16.5. The number of hydrogen-bond donors (Lipinski definition) is 0. The van der Waals surface area contributed by atoms with E-state index in [1.807, 2.05) is 67.7 Å². The molecule has 26 heavy (non-hydrogen) atoms. The Labute approximate surface area is 155 Å². The van der Waals surface area contributed by atoms with Crippen LogP contribution in [0.2, 0.25) is 0 Å². The smallest absolute Gasteiger partial charge is 0.0799 e. The van der Waals surface area contributed by atoms with E-state index >= 15 is 0 Å². The van der Waals surface area contributed by atoms with Gasteiger partial charge in [-0.2, -0.15) is 0 Å². The molecule has 2 heteroatoms. The van der Waals surface area contributed by atoms with E-state index in [0.29, 0.717) is 0 Å². The third-order valence-electron chi connectivity index (χ3n) is 4.40. The molecule has 0 N–H and O–H groups in total. The minimum atomic E-state index is -0.0311. The molecule has 3 aromatic rings. The molecule has 1 atom stereocenters. The normalized spacial score (nSPS) is 12.0. The lowest BCUT2D eigenvalue weighted by Crippen LogP contribution is -2.00. The molecule has 0 radical (unpaired) electrons. The van der Waals surface area contributed by atoms with Gasteiger partial charge in [-0.3, -0.25) is 4.98 Å². The largest absolute Gasteiger partial charge is 0.377 e. The van der Waals surface area contributed by atoms with Crippen molar-refractivity contribution < 1.29 is 4.74 Å². The molecule has 0 amide bonds. The third kappa shape index (κ3) is 3.91. The molecular formula is C24H21NO. The summed E-state index contributed by atoms with van der Waals surface area (Å²) in [6.07, 6.45) is 11.5. The van der Waals surface area contributed by atoms with Crippen LogP contribution in [0.1, 0.15) is 35.4 Å². The summed E-state index contributed by atoms with van der Waals surface area (Å²) in [5.41, 5.74) is 6.05. The van der Waals surface area contributed by atoms with Crippen molar-refractivity contribution in [2.24, 2.45) is 0 Å². The molecule has 3 rings (SSSR count). The number of methoxy groups -OCH3 is 1. The summed E-state index contributed by atoms with van der Waals surface area (Å²) in [6, 6.07) is 20.3. The van der Waals surface area contributed by atoms with Crippen LogP contribution in [0.3, 0.4) is 0 Å². The van der Waals surface area contributed by atoms with E-state index in [-0.39, 0.29) is 6.10 Å². The molecular weight excluding hydrogens is 318 g/mol. The minimum Gasteiger partial charge on any atom is -0.377 e. The zero-order valence-corrected chi connectivity index (χ0v) is 15.0. The monoisotopic (exact) mass is 339 g/mol. The summed E-state index contributed by atoms with van der Waals surface area (Å²) in [5, 5.41) is 0. The lowest BCUT2D eigenvalue weighted by molar-refractivity contribution is 0.119.